The quantitative estimate of drug-likeness (QED) is 0.181. The van der Waals surface area contributed by atoms with E-state index in [4.69, 9.17) is 4.74 Å². The molecule has 4 heterocycles. The Morgan fingerprint density at radius 2 is 1.82 bits per heavy atom. The molecule has 3 aromatic carbocycles. The Bertz CT molecular complexity index is 1880. The van der Waals surface area contributed by atoms with Gasteiger partial charge in [-0.2, -0.15) is 0 Å². The second-order valence-electron chi connectivity index (χ2n) is 14.6. The van der Waals surface area contributed by atoms with Crippen LogP contribution in [0.3, 0.4) is 0 Å². The molecule has 0 bridgehead atoms. The lowest BCUT2D eigenvalue weighted by molar-refractivity contribution is -0.385. The summed E-state index contributed by atoms with van der Waals surface area (Å²) in [6.07, 6.45) is -0.483. The molecule has 2 fully saturated rings. The van der Waals surface area contributed by atoms with Gasteiger partial charge in [0, 0.05) is 54.5 Å². The number of fused-ring (bicyclic) bond motifs is 3. The summed E-state index contributed by atoms with van der Waals surface area (Å²) < 4.78 is 6.81. The number of hydrogen-bond acceptors (Lipinski definition) is 9. The van der Waals surface area contributed by atoms with Gasteiger partial charge in [0.05, 0.1) is 48.9 Å². The number of nitro groups is 1. The van der Waals surface area contributed by atoms with Crippen molar-refractivity contribution in [2.24, 2.45) is 5.92 Å². The van der Waals surface area contributed by atoms with Crippen LogP contribution in [0.15, 0.2) is 66.7 Å². The van der Waals surface area contributed by atoms with Gasteiger partial charge in [-0.15, -0.1) is 0 Å². The van der Waals surface area contributed by atoms with Gasteiger partial charge in [-0.3, -0.25) is 24.5 Å². The molecular weight excluding hydrogens is 671 g/mol. The van der Waals surface area contributed by atoms with E-state index >= 15 is 0 Å². The number of piperazine rings is 1. The fourth-order valence-corrected chi connectivity index (χ4v) is 11.3. The fourth-order valence-electron chi connectivity index (χ4n) is 8.71. The second kappa shape index (κ2) is 13.3. The molecule has 5 atom stereocenters. The first-order chi connectivity index (χ1) is 24.3. The van der Waals surface area contributed by atoms with Crippen LogP contribution < -0.4 is 15.1 Å². The van der Waals surface area contributed by atoms with Gasteiger partial charge in [0.2, 0.25) is 11.8 Å². The third-order valence-electron chi connectivity index (χ3n) is 11.1. The summed E-state index contributed by atoms with van der Waals surface area (Å²) in [5.74, 6) is -1.32. The predicted octanol–water partition coefficient (Wildman–Crippen LogP) is 3.21. The summed E-state index contributed by atoms with van der Waals surface area (Å²) in [4.78, 5) is 69.6. The van der Waals surface area contributed by atoms with Crippen molar-refractivity contribution in [1.82, 2.24) is 10.2 Å². The lowest BCUT2D eigenvalue weighted by Gasteiger charge is -2.37. The number of non-ortho nitro benzene ring substituents is 1. The molecule has 0 radical (unpaired) electrons. The third kappa shape index (κ3) is 6.04. The number of nitro benzene ring substituents is 1. The average molecular weight is 714 g/mol. The van der Waals surface area contributed by atoms with Gasteiger partial charge in [-0.1, -0.05) is 43.3 Å². The number of anilines is 2. The number of benzene rings is 3. The highest BCUT2D eigenvalue weighted by molar-refractivity contribution is 6.71. The summed E-state index contributed by atoms with van der Waals surface area (Å²) in [5.41, 5.74) is 1.97. The minimum absolute atomic E-state index is 0.0245. The highest BCUT2D eigenvalue weighted by atomic mass is 28.4. The van der Waals surface area contributed by atoms with Crippen LogP contribution in [0.25, 0.3) is 0 Å². The highest BCUT2D eigenvalue weighted by Crippen LogP contribution is 2.60. The number of amides is 3. The molecule has 7 rings (SSSR count). The van der Waals surface area contributed by atoms with Crippen molar-refractivity contribution in [3.8, 4) is 0 Å². The van der Waals surface area contributed by atoms with Crippen molar-refractivity contribution >= 4 is 43.1 Å². The van der Waals surface area contributed by atoms with Crippen LogP contribution in [0.1, 0.15) is 35.6 Å². The maximum atomic E-state index is 14.9. The monoisotopic (exact) mass is 713 g/mol. The number of aliphatic hydroxyl groups is 1. The Kier molecular flexibility index (Phi) is 9.08. The van der Waals surface area contributed by atoms with Crippen LogP contribution in [-0.4, -0.2) is 84.2 Å². The van der Waals surface area contributed by atoms with Crippen molar-refractivity contribution in [3.63, 3.8) is 0 Å². The molecule has 0 saturated carbocycles. The Hall–Kier alpha value is -4.47. The molecule has 1 spiro atoms. The third-order valence-corrected chi connectivity index (χ3v) is 13.6. The number of carbonyl (C=O) groups is 3. The van der Waals surface area contributed by atoms with Crippen LogP contribution >= 0.6 is 0 Å². The molecule has 4 aliphatic heterocycles. The molecule has 14 heteroatoms. The molecule has 3 N–H and O–H groups in total. The van der Waals surface area contributed by atoms with Crippen LogP contribution in [-0.2, 0) is 44.2 Å². The van der Waals surface area contributed by atoms with E-state index in [0.717, 1.165) is 22.4 Å². The van der Waals surface area contributed by atoms with Crippen molar-refractivity contribution in [2.45, 2.75) is 69.2 Å². The molecule has 4 aliphatic rings. The number of nitrogens with one attached hydrogen (secondary N) is 1. The van der Waals surface area contributed by atoms with Crippen LogP contribution in [0.2, 0.25) is 18.6 Å². The molecule has 3 amide bonds. The van der Waals surface area contributed by atoms with Gasteiger partial charge in [-0.05, 0) is 54.4 Å². The molecule has 268 valence electrons. The minimum Gasteiger partial charge on any atom is -0.432 e. The van der Waals surface area contributed by atoms with Crippen molar-refractivity contribution in [3.05, 3.63) is 99.1 Å². The molecule has 2 saturated heterocycles. The van der Waals surface area contributed by atoms with Crippen molar-refractivity contribution in [1.29, 1.82) is 0 Å². The fraction of sp³-hybridized carbons (Fsp3) is 0.432. The molecule has 13 nitrogen and oxygen atoms in total. The zero-order chi connectivity index (χ0) is 36.2. The van der Waals surface area contributed by atoms with Crippen molar-refractivity contribution < 1.29 is 33.9 Å². The van der Waals surface area contributed by atoms with E-state index in [2.05, 4.69) is 5.32 Å². The number of aliphatic hydroxyl groups excluding tert-OH is 1. The standard InChI is InChI=1S/C37H43N5O8Si/c1-23-35(51(2,3)49)32(18-33(44)40-21-26-7-5-4-6-25(26)16-29(40)22-43)50-37(23)30-17-28(42(47)48)12-13-31(30)41(36(37)46)20-24-8-10-27(11-9-24)39-15-14-38-19-34(39)45/h4-13,17,23,29,32,35,38,43,49H,14-16,18-22H2,1-3H3/t23-,29+,32+,35-,37+/m1/s1. The van der Waals surface area contributed by atoms with Crippen LogP contribution in [0, 0.1) is 16.0 Å². The minimum atomic E-state index is -3.14. The Balaban J connectivity index is 1.22. The Morgan fingerprint density at radius 1 is 1.10 bits per heavy atom. The van der Waals surface area contributed by atoms with E-state index < -0.39 is 48.4 Å². The summed E-state index contributed by atoms with van der Waals surface area (Å²) in [7, 11) is -3.14. The van der Waals surface area contributed by atoms with Gasteiger partial charge in [0.15, 0.2) is 13.9 Å². The van der Waals surface area contributed by atoms with E-state index in [1.54, 1.807) is 33.9 Å². The number of nitrogens with zero attached hydrogens (tertiary/aromatic N) is 4. The summed E-state index contributed by atoms with van der Waals surface area (Å²) in [6.45, 7) is 7.10. The lowest BCUT2D eigenvalue weighted by Crippen LogP contribution is -2.48. The van der Waals surface area contributed by atoms with Crippen LogP contribution in [0.4, 0.5) is 17.1 Å². The lowest BCUT2D eigenvalue weighted by atomic mass is 9.82. The van der Waals surface area contributed by atoms with Gasteiger partial charge in [0.25, 0.3) is 11.6 Å². The number of hydrogen-bond donors (Lipinski definition) is 3. The smallest absolute Gasteiger partial charge is 0.269 e. The summed E-state index contributed by atoms with van der Waals surface area (Å²) in [5, 5.41) is 25.3. The zero-order valence-corrected chi connectivity index (χ0v) is 29.9. The molecule has 0 aromatic heterocycles. The highest BCUT2D eigenvalue weighted by Gasteiger charge is 2.66. The predicted molar refractivity (Wildman–Crippen MR) is 191 cm³/mol. The van der Waals surface area contributed by atoms with E-state index in [-0.39, 0.29) is 43.6 Å². The maximum absolute atomic E-state index is 14.9. The Morgan fingerprint density at radius 3 is 2.49 bits per heavy atom. The van der Waals surface area contributed by atoms with E-state index in [9.17, 15) is 34.4 Å². The van der Waals surface area contributed by atoms with Gasteiger partial charge < -0.3 is 34.7 Å². The molecule has 51 heavy (non-hydrogen) atoms. The molecule has 0 aliphatic carbocycles. The van der Waals surface area contributed by atoms with E-state index in [1.165, 1.54) is 12.1 Å². The number of carbonyl (C=O) groups excluding carboxylic acids is 3. The number of rotatable bonds is 8. The van der Waals surface area contributed by atoms with E-state index in [0.29, 0.717) is 37.3 Å². The number of ether oxygens (including phenoxy) is 1. The Labute approximate surface area is 297 Å². The topological polar surface area (TPSA) is 166 Å². The van der Waals surface area contributed by atoms with E-state index in [1.807, 2.05) is 55.5 Å². The first-order valence-electron chi connectivity index (χ1n) is 17.4. The van der Waals surface area contributed by atoms with Crippen molar-refractivity contribution in [2.75, 3.05) is 36.0 Å². The normalized spacial score (nSPS) is 26.1. The molecular formula is C37H43N5O8Si. The summed E-state index contributed by atoms with van der Waals surface area (Å²) >= 11 is 0. The first-order valence-corrected chi connectivity index (χ1v) is 20.4. The average Bonchev–Trinajstić information content (AvgIpc) is 3.53. The van der Waals surface area contributed by atoms with Gasteiger partial charge in [0.1, 0.15) is 0 Å². The van der Waals surface area contributed by atoms with Gasteiger partial charge >= 0.3 is 0 Å². The summed E-state index contributed by atoms with van der Waals surface area (Å²) in [6, 6.07) is 19.1. The SMILES string of the molecule is C[C@@H]1[C@@H]([Si](C)(C)O)[C@H](CC(=O)N2Cc3ccccc3C[C@H]2CO)O[C@@]12C(=O)N(Cc1ccc(N3CCNCC3=O)cc1)c1ccc([N+](=O)[O-])cc12. The first kappa shape index (κ1) is 35.0. The maximum Gasteiger partial charge on any atom is 0.269 e. The molecule has 3 aromatic rings. The molecule has 0 unspecified atom stereocenters. The largest absolute Gasteiger partial charge is 0.432 e. The zero-order valence-electron chi connectivity index (χ0n) is 28.9. The van der Waals surface area contributed by atoms with Crippen LogP contribution in [0.5, 0.6) is 0 Å². The van der Waals surface area contributed by atoms with Gasteiger partial charge in [-0.25, -0.2) is 0 Å². The second-order valence-corrected chi connectivity index (χ2v) is 18.6.